The third kappa shape index (κ3) is 2.73. The van der Waals surface area contributed by atoms with Crippen LogP contribution in [0.15, 0.2) is 47.2 Å². The van der Waals surface area contributed by atoms with Gasteiger partial charge < -0.3 is 9.73 Å². The van der Waals surface area contributed by atoms with E-state index >= 15 is 0 Å². The number of para-hydroxylation sites is 1. The summed E-state index contributed by atoms with van der Waals surface area (Å²) < 4.78 is 5.25. The van der Waals surface area contributed by atoms with Crippen molar-refractivity contribution in [3.8, 4) is 11.5 Å². The van der Waals surface area contributed by atoms with Crippen molar-refractivity contribution in [2.24, 2.45) is 0 Å². The fourth-order valence-corrected chi connectivity index (χ4v) is 2.44. The van der Waals surface area contributed by atoms with Crippen LogP contribution in [0, 0.1) is 6.92 Å². The molecular weight excluding hydrogens is 309 g/mol. The van der Waals surface area contributed by atoms with E-state index in [9.17, 15) is 0 Å². The molecule has 0 spiro atoms. The third-order valence-electron chi connectivity index (χ3n) is 3.06. The summed E-state index contributed by atoms with van der Waals surface area (Å²) in [6.45, 7) is 1.92. The Labute approximate surface area is 131 Å². The van der Waals surface area contributed by atoms with Gasteiger partial charge in [0.1, 0.15) is 0 Å². The summed E-state index contributed by atoms with van der Waals surface area (Å²) in [6.07, 6.45) is 1.29. The van der Waals surface area contributed by atoms with Crippen molar-refractivity contribution in [3.63, 3.8) is 0 Å². The Kier molecular flexibility index (Phi) is 3.82. The predicted octanol–water partition coefficient (Wildman–Crippen LogP) is 5.10. The molecule has 0 atom stereocenters. The van der Waals surface area contributed by atoms with E-state index in [2.05, 4.69) is 15.5 Å². The molecule has 0 saturated carbocycles. The number of aryl methyl sites for hydroxylation is 1. The van der Waals surface area contributed by atoms with Crippen LogP contribution < -0.4 is 5.32 Å². The first-order chi connectivity index (χ1) is 10.2. The lowest BCUT2D eigenvalue weighted by Crippen LogP contribution is -1.96. The fourth-order valence-electron chi connectivity index (χ4n) is 1.97. The first kappa shape index (κ1) is 13.9. The molecule has 0 aliphatic carbocycles. The average Bonchev–Trinajstić information content (AvgIpc) is 3.02. The standard InChI is InChI=1S/C15H11Cl2N3O/c1-9-6-7-11(16)14(13(9)17)19-12-5-3-2-4-10(12)15-20-18-8-21-15/h2-8,19H,1H3. The lowest BCUT2D eigenvalue weighted by Gasteiger charge is -2.14. The van der Waals surface area contributed by atoms with E-state index in [1.54, 1.807) is 6.07 Å². The number of halogens is 2. The maximum Gasteiger partial charge on any atom is 0.249 e. The van der Waals surface area contributed by atoms with Crippen LogP contribution in [-0.2, 0) is 0 Å². The number of nitrogens with one attached hydrogen (secondary N) is 1. The van der Waals surface area contributed by atoms with Crippen molar-refractivity contribution < 1.29 is 4.42 Å². The van der Waals surface area contributed by atoms with Gasteiger partial charge in [-0.05, 0) is 30.7 Å². The largest absolute Gasteiger partial charge is 0.423 e. The molecule has 4 nitrogen and oxygen atoms in total. The molecule has 0 radical (unpaired) electrons. The maximum absolute atomic E-state index is 6.33. The summed E-state index contributed by atoms with van der Waals surface area (Å²) in [4.78, 5) is 0. The second-order valence-corrected chi connectivity index (χ2v) is 5.25. The van der Waals surface area contributed by atoms with Crippen LogP contribution in [0.2, 0.25) is 10.0 Å². The van der Waals surface area contributed by atoms with Crippen molar-refractivity contribution in [1.82, 2.24) is 10.2 Å². The number of nitrogens with zero attached hydrogens (tertiary/aromatic N) is 2. The zero-order chi connectivity index (χ0) is 14.8. The fraction of sp³-hybridized carbons (Fsp3) is 0.0667. The molecule has 6 heteroatoms. The third-order valence-corrected chi connectivity index (χ3v) is 3.86. The van der Waals surface area contributed by atoms with Gasteiger partial charge in [-0.15, -0.1) is 10.2 Å². The summed E-state index contributed by atoms with van der Waals surface area (Å²) >= 11 is 12.6. The van der Waals surface area contributed by atoms with Gasteiger partial charge in [-0.25, -0.2) is 0 Å². The summed E-state index contributed by atoms with van der Waals surface area (Å²) in [5, 5.41) is 12.0. The molecule has 3 aromatic rings. The van der Waals surface area contributed by atoms with Crippen LogP contribution in [0.5, 0.6) is 0 Å². The smallest absolute Gasteiger partial charge is 0.249 e. The van der Waals surface area contributed by atoms with Gasteiger partial charge in [-0.3, -0.25) is 0 Å². The molecule has 0 aliphatic heterocycles. The zero-order valence-corrected chi connectivity index (χ0v) is 12.6. The Hall–Kier alpha value is -2.04. The van der Waals surface area contributed by atoms with Gasteiger partial charge in [0, 0.05) is 0 Å². The Bertz CT molecular complexity index is 773. The van der Waals surface area contributed by atoms with Crippen LogP contribution in [-0.4, -0.2) is 10.2 Å². The van der Waals surface area contributed by atoms with E-state index in [-0.39, 0.29) is 0 Å². The Morgan fingerprint density at radius 3 is 2.67 bits per heavy atom. The molecule has 0 amide bonds. The monoisotopic (exact) mass is 319 g/mol. The molecule has 0 unspecified atom stereocenters. The number of rotatable bonds is 3. The number of hydrogen-bond donors (Lipinski definition) is 1. The minimum Gasteiger partial charge on any atom is -0.423 e. The number of anilines is 2. The Morgan fingerprint density at radius 2 is 1.90 bits per heavy atom. The van der Waals surface area contributed by atoms with Gasteiger partial charge >= 0.3 is 0 Å². The van der Waals surface area contributed by atoms with Crippen LogP contribution in [0.25, 0.3) is 11.5 Å². The van der Waals surface area contributed by atoms with Crippen molar-refractivity contribution in [3.05, 3.63) is 58.4 Å². The first-order valence-corrected chi connectivity index (χ1v) is 6.99. The van der Waals surface area contributed by atoms with E-state index in [0.717, 1.165) is 16.8 Å². The molecule has 2 aromatic carbocycles. The molecule has 3 rings (SSSR count). The second-order valence-electron chi connectivity index (χ2n) is 4.47. The topological polar surface area (TPSA) is 51.0 Å². The van der Waals surface area contributed by atoms with E-state index in [1.165, 1.54) is 6.39 Å². The summed E-state index contributed by atoms with van der Waals surface area (Å²) in [5.41, 5.74) is 3.17. The van der Waals surface area contributed by atoms with Crippen LogP contribution in [0.4, 0.5) is 11.4 Å². The van der Waals surface area contributed by atoms with Crippen molar-refractivity contribution in [1.29, 1.82) is 0 Å². The highest BCUT2D eigenvalue weighted by molar-refractivity contribution is 6.39. The lowest BCUT2D eigenvalue weighted by atomic mass is 10.1. The van der Waals surface area contributed by atoms with Crippen LogP contribution in [0.1, 0.15) is 5.56 Å². The van der Waals surface area contributed by atoms with E-state index in [4.69, 9.17) is 27.6 Å². The predicted molar refractivity (Wildman–Crippen MR) is 84.2 cm³/mol. The summed E-state index contributed by atoms with van der Waals surface area (Å²) in [5.74, 6) is 0.429. The van der Waals surface area contributed by atoms with Crippen molar-refractivity contribution in [2.75, 3.05) is 5.32 Å². The van der Waals surface area contributed by atoms with Gasteiger partial charge in [0.25, 0.3) is 0 Å². The molecule has 21 heavy (non-hydrogen) atoms. The zero-order valence-electron chi connectivity index (χ0n) is 11.1. The molecule has 0 aliphatic rings. The Balaban J connectivity index is 2.06. The van der Waals surface area contributed by atoms with Gasteiger partial charge in [0.2, 0.25) is 12.3 Å². The first-order valence-electron chi connectivity index (χ1n) is 6.24. The van der Waals surface area contributed by atoms with Crippen LogP contribution >= 0.6 is 23.2 Å². The SMILES string of the molecule is Cc1ccc(Cl)c(Nc2ccccc2-c2nnco2)c1Cl. The van der Waals surface area contributed by atoms with E-state index in [1.807, 2.05) is 37.3 Å². The highest BCUT2D eigenvalue weighted by Gasteiger charge is 2.13. The minimum absolute atomic E-state index is 0.429. The average molecular weight is 320 g/mol. The lowest BCUT2D eigenvalue weighted by molar-refractivity contribution is 0.569. The molecule has 0 saturated heterocycles. The van der Waals surface area contributed by atoms with Gasteiger partial charge in [-0.2, -0.15) is 0 Å². The molecular formula is C15H11Cl2N3O. The number of benzene rings is 2. The normalized spacial score (nSPS) is 10.6. The highest BCUT2D eigenvalue weighted by atomic mass is 35.5. The van der Waals surface area contributed by atoms with Gasteiger partial charge in [-0.1, -0.05) is 41.4 Å². The minimum atomic E-state index is 0.429. The molecule has 0 fully saturated rings. The number of hydrogen-bond acceptors (Lipinski definition) is 4. The van der Waals surface area contributed by atoms with Gasteiger partial charge in [0.15, 0.2) is 0 Å². The van der Waals surface area contributed by atoms with E-state index in [0.29, 0.717) is 21.6 Å². The van der Waals surface area contributed by atoms with E-state index < -0.39 is 0 Å². The quantitative estimate of drug-likeness (QED) is 0.730. The Morgan fingerprint density at radius 1 is 1.10 bits per heavy atom. The maximum atomic E-state index is 6.33. The second kappa shape index (κ2) is 5.76. The molecule has 1 heterocycles. The highest BCUT2D eigenvalue weighted by Crippen LogP contribution is 2.37. The summed E-state index contributed by atoms with van der Waals surface area (Å²) in [6, 6.07) is 11.3. The van der Waals surface area contributed by atoms with Gasteiger partial charge in [0.05, 0.1) is 27.0 Å². The molecule has 1 N–H and O–H groups in total. The number of aromatic nitrogens is 2. The summed E-state index contributed by atoms with van der Waals surface area (Å²) in [7, 11) is 0. The van der Waals surface area contributed by atoms with Crippen molar-refractivity contribution >= 4 is 34.6 Å². The van der Waals surface area contributed by atoms with Crippen LogP contribution in [0.3, 0.4) is 0 Å². The molecule has 1 aromatic heterocycles. The molecule has 0 bridgehead atoms. The molecule has 106 valence electrons. The van der Waals surface area contributed by atoms with Crippen molar-refractivity contribution in [2.45, 2.75) is 6.92 Å².